The first-order valence-electron chi connectivity index (χ1n) is 22.8. The molecule has 0 aliphatic heterocycles. The Hall–Kier alpha value is -2.29. The van der Waals surface area contributed by atoms with Gasteiger partial charge in [-0.2, -0.15) is 0 Å². The highest BCUT2D eigenvalue weighted by Gasteiger charge is 2.26. The summed E-state index contributed by atoms with van der Waals surface area (Å²) in [5, 5.41) is 0. The summed E-state index contributed by atoms with van der Waals surface area (Å²) in [4.78, 5) is 34.9. The van der Waals surface area contributed by atoms with Gasteiger partial charge in [-0.3, -0.25) is 18.6 Å². The van der Waals surface area contributed by atoms with E-state index in [9.17, 15) is 19.0 Å². The first-order chi connectivity index (χ1) is 27.8. The Balaban J connectivity index is 4.18. The third-order valence-corrected chi connectivity index (χ3v) is 10.4. The van der Waals surface area contributed by atoms with Gasteiger partial charge >= 0.3 is 19.8 Å². The summed E-state index contributed by atoms with van der Waals surface area (Å²) in [6.07, 6.45) is 51.0. The molecule has 0 saturated carbocycles. The van der Waals surface area contributed by atoms with Crippen molar-refractivity contribution in [2.24, 2.45) is 5.73 Å². The van der Waals surface area contributed by atoms with E-state index in [1.165, 1.54) is 83.5 Å². The third-order valence-electron chi connectivity index (χ3n) is 9.38. The van der Waals surface area contributed by atoms with E-state index < -0.39 is 32.5 Å². The molecular weight excluding hydrogens is 737 g/mol. The second kappa shape index (κ2) is 43.3. The number of ether oxygens (including phenoxy) is 2. The van der Waals surface area contributed by atoms with Crippen LogP contribution in [0.5, 0.6) is 0 Å². The molecule has 0 radical (unpaired) electrons. The molecule has 0 aliphatic carbocycles. The van der Waals surface area contributed by atoms with Gasteiger partial charge in [0.15, 0.2) is 6.10 Å². The Morgan fingerprint density at radius 1 is 0.526 bits per heavy atom. The van der Waals surface area contributed by atoms with Crippen LogP contribution in [-0.2, 0) is 32.7 Å². The quantitative estimate of drug-likeness (QED) is 0.0267. The molecule has 0 rings (SSSR count). The van der Waals surface area contributed by atoms with Gasteiger partial charge in [0.1, 0.15) is 6.61 Å². The lowest BCUT2D eigenvalue weighted by Crippen LogP contribution is -2.29. The first kappa shape index (κ1) is 54.7. The summed E-state index contributed by atoms with van der Waals surface area (Å²) in [6, 6.07) is 0. The van der Waals surface area contributed by atoms with Gasteiger partial charge in [-0.15, -0.1) is 0 Å². The van der Waals surface area contributed by atoms with E-state index in [4.69, 9.17) is 24.3 Å². The molecule has 0 bridgehead atoms. The monoisotopic (exact) mass is 822 g/mol. The molecule has 2 atom stereocenters. The van der Waals surface area contributed by atoms with Gasteiger partial charge in [0.2, 0.25) is 0 Å². The molecule has 9 nitrogen and oxygen atoms in total. The Kier molecular flexibility index (Phi) is 41.6. The van der Waals surface area contributed by atoms with E-state index in [0.29, 0.717) is 12.8 Å². The molecule has 0 aromatic heterocycles. The highest BCUT2D eigenvalue weighted by molar-refractivity contribution is 7.47. The van der Waals surface area contributed by atoms with Crippen LogP contribution in [0.25, 0.3) is 0 Å². The topological polar surface area (TPSA) is 134 Å². The smallest absolute Gasteiger partial charge is 0.462 e. The fourth-order valence-electron chi connectivity index (χ4n) is 5.96. The summed E-state index contributed by atoms with van der Waals surface area (Å²) in [7, 11) is -4.39. The van der Waals surface area contributed by atoms with Crippen LogP contribution in [0.3, 0.4) is 0 Å². The summed E-state index contributed by atoms with van der Waals surface area (Å²) in [5.74, 6) is -0.860. The summed E-state index contributed by atoms with van der Waals surface area (Å²) >= 11 is 0. The molecule has 0 heterocycles. The van der Waals surface area contributed by atoms with Crippen LogP contribution in [0.2, 0.25) is 0 Å². The maximum atomic E-state index is 12.6. The second-order valence-corrected chi connectivity index (χ2v) is 16.4. The van der Waals surface area contributed by atoms with Gasteiger partial charge in [-0.25, -0.2) is 4.57 Å². The Morgan fingerprint density at radius 3 is 1.35 bits per heavy atom. The van der Waals surface area contributed by atoms with Crippen molar-refractivity contribution in [3.8, 4) is 0 Å². The lowest BCUT2D eigenvalue weighted by Gasteiger charge is -2.19. The zero-order valence-electron chi connectivity index (χ0n) is 36.3. The summed E-state index contributed by atoms with van der Waals surface area (Å²) < 4.78 is 32.8. The van der Waals surface area contributed by atoms with E-state index >= 15 is 0 Å². The van der Waals surface area contributed by atoms with Gasteiger partial charge in [0, 0.05) is 19.4 Å². The van der Waals surface area contributed by atoms with Crippen LogP contribution in [0.1, 0.15) is 194 Å². The van der Waals surface area contributed by atoms with Crippen molar-refractivity contribution in [3.63, 3.8) is 0 Å². The molecule has 57 heavy (non-hydrogen) atoms. The predicted octanol–water partition coefficient (Wildman–Crippen LogP) is 13.3. The number of rotatable bonds is 42. The van der Waals surface area contributed by atoms with Crippen molar-refractivity contribution in [2.45, 2.75) is 200 Å². The van der Waals surface area contributed by atoms with Crippen molar-refractivity contribution in [2.75, 3.05) is 26.4 Å². The Morgan fingerprint density at radius 2 is 0.912 bits per heavy atom. The number of phosphoric ester groups is 1. The average molecular weight is 822 g/mol. The molecule has 0 aromatic carbocycles. The Bertz CT molecular complexity index is 1120. The molecule has 0 spiro atoms. The van der Waals surface area contributed by atoms with Crippen molar-refractivity contribution in [3.05, 3.63) is 60.8 Å². The zero-order valence-corrected chi connectivity index (χ0v) is 37.2. The van der Waals surface area contributed by atoms with Crippen molar-refractivity contribution in [1.29, 1.82) is 0 Å². The Labute approximate surface area is 349 Å². The van der Waals surface area contributed by atoms with Crippen molar-refractivity contribution >= 4 is 19.8 Å². The van der Waals surface area contributed by atoms with Crippen molar-refractivity contribution < 1.29 is 37.6 Å². The molecule has 0 saturated heterocycles. The largest absolute Gasteiger partial charge is 0.472 e. The fourth-order valence-corrected chi connectivity index (χ4v) is 6.73. The molecule has 0 aliphatic rings. The zero-order chi connectivity index (χ0) is 41.8. The fraction of sp³-hybridized carbons (Fsp3) is 0.745. The second-order valence-electron chi connectivity index (χ2n) is 14.9. The van der Waals surface area contributed by atoms with Gasteiger partial charge in [-0.1, -0.05) is 158 Å². The SMILES string of the molecule is CCCCCC=CCC=CCC=CCCCCCCC(=O)OC[C@H](COP(=O)(O)OCCN)OC(=O)CCCCCCCCCCCC=CCC=CCCCCC. The highest BCUT2D eigenvalue weighted by atomic mass is 31.2. The van der Waals surface area contributed by atoms with E-state index in [1.54, 1.807) is 0 Å². The molecule has 0 fully saturated rings. The number of phosphoric acid groups is 1. The minimum absolute atomic E-state index is 0.0470. The summed E-state index contributed by atoms with van der Waals surface area (Å²) in [5.41, 5.74) is 5.35. The minimum atomic E-state index is -4.39. The van der Waals surface area contributed by atoms with Gasteiger partial charge in [0.05, 0.1) is 13.2 Å². The van der Waals surface area contributed by atoms with Crippen LogP contribution in [-0.4, -0.2) is 49.3 Å². The number of nitrogens with two attached hydrogens (primary N) is 1. The van der Waals surface area contributed by atoms with Crippen LogP contribution >= 0.6 is 7.82 Å². The molecule has 10 heteroatoms. The van der Waals surface area contributed by atoms with E-state index in [0.717, 1.165) is 70.6 Å². The number of carbonyl (C=O) groups is 2. The van der Waals surface area contributed by atoms with Crippen molar-refractivity contribution in [1.82, 2.24) is 0 Å². The van der Waals surface area contributed by atoms with Gasteiger partial charge < -0.3 is 20.1 Å². The van der Waals surface area contributed by atoms with E-state index in [1.807, 2.05) is 0 Å². The van der Waals surface area contributed by atoms with Crippen LogP contribution < -0.4 is 5.73 Å². The molecule has 1 unspecified atom stereocenters. The molecule has 3 N–H and O–H groups in total. The number of carbonyl (C=O) groups excluding carboxylic acids is 2. The van der Waals surface area contributed by atoms with Crippen LogP contribution in [0.15, 0.2) is 60.8 Å². The number of hydrogen-bond donors (Lipinski definition) is 2. The maximum absolute atomic E-state index is 12.6. The van der Waals surface area contributed by atoms with Crippen LogP contribution in [0.4, 0.5) is 0 Å². The van der Waals surface area contributed by atoms with Crippen LogP contribution in [0, 0.1) is 0 Å². The van der Waals surface area contributed by atoms with E-state index in [2.05, 4.69) is 74.6 Å². The molecule has 0 amide bonds. The predicted molar refractivity (Wildman–Crippen MR) is 238 cm³/mol. The minimum Gasteiger partial charge on any atom is -0.462 e. The van der Waals surface area contributed by atoms with E-state index in [-0.39, 0.29) is 32.6 Å². The lowest BCUT2D eigenvalue weighted by atomic mass is 10.1. The number of allylic oxidation sites excluding steroid dienone is 10. The number of esters is 2. The van der Waals surface area contributed by atoms with Gasteiger partial charge in [-0.05, 0) is 83.5 Å². The normalized spacial score (nSPS) is 13.8. The molecular formula is C47H84NO8P. The number of unbranched alkanes of at least 4 members (excludes halogenated alkanes) is 19. The first-order valence-corrected chi connectivity index (χ1v) is 24.3. The molecule has 330 valence electrons. The third kappa shape index (κ3) is 43.1. The van der Waals surface area contributed by atoms with Gasteiger partial charge in [0.25, 0.3) is 0 Å². The molecule has 0 aromatic rings. The summed E-state index contributed by atoms with van der Waals surface area (Å²) in [6.45, 7) is 3.65. The highest BCUT2D eigenvalue weighted by Crippen LogP contribution is 2.43. The number of hydrogen-bond acceptors (Lipinski definition) is 8. The average Bonchev–Trinajstić information content (AvgIpc) is 3.20. The maximum Gasteiger partial charge on any atom is 0.472 e. The lowest BCUT2D eigenvalue weighted by molar-refractivity contribution is -0.161. The standard InChI is InChI=1S/C47H84NO8P/c1-3-5-7-9-11-13-15-17-19-21-22-24-26-28-30-32-34-36-38-40-47(50)56-45(44-55-57(51,52)54-42-41-48)43-53-46(49)39-37-35-33-31-29-27-25-23-20-18-16-14-12-10-8-6-4-2/h11-14,17-20,25,27,45H,3-10,15-16,21-24,26,28-44,48H2,1-2H3,(H,51,52)/t45-/m1/s1.